The molecule has 2 aromatic rings. The summed E-state index contributed by atoms with van der Waals surface area (Å²) in [5, 5.41) is 1.51. The van der Waals surface area contributed by atoms with Crippen LogP contribution in [-0.2, 0) is 13.5 Å². The molecule has 1 aromatic carbocycles. The van der Waals surface area contributed by atoms with E-state index >= 15 is 0 Å². The second-order valence-electron chi connectivity index (χ2n) is 9.17. The van der Waals surface area contributed by atoms with Gasteiger partial charge in [-0.25, -0.2) is 0 Å². The summed E-state index contributed by atoms with van der Waals surface area (Å²) in [7, 11) is 4.54. The molecule has 1 aliphatic carbocycles. The second-order valence-corrected chi connectivity index (χ2v) is 9.17. The second kappa shape index (κ2) is 6.56. The van der Waals surface area contributed by atoms with E-state index in [-0.39, 0.29) is 0 Å². The third-order valence-corrected chi connectivity index (χ3v) is 6.81. The van der Waals surface area contributed by atoms with E-state index in [1.54, 1.807) is 5.57 Å². The van der Waals surface area contributed by atoms with Gasteiger partial charge in [0.25, 0.3) is 0 Å². The number of fused-ring (bicyclic) bond motifs is 2. The van der Waals surface area contributed by atoms with Crippen molar-refractivity contribution in [2.75, 3.05) is 13.6 Å². The van der Waals surface area contributed by atoms with E-state index < -0.39 is 0 Å². The molecule has 0 bridgehead atoms. The molecule has 2 heteroatoms. The molecule has 3 unspecified atom stereocenters. The predicted molar refractivity (Wildman–Crippen MR) is 113 cm³/mol. The highest BCUT2D eigenvalue weighted by Gasteiger charge is 2.34. The summed E-state index contributed by atoms with van der Waals surface area (Å²) in [5.74, 6) is 2.05. The van der Waals surface area contributed by atoms with Crippen molar-refractivity contribution >= 4 is 16.5 Å². The molecule has 0 amide bonds. The summed E-state index contributed by atoms with van der Waals surface area (Å²) >= 11 is 0. The standard InChI is InChI=1S/C24H34N2/c1-7-16(4)8-17-9-20-21-10-18(15(2)3)11-23-24(21)19(14-26(23)6)12-22(20)25(5)13-17/h9-11,14-17,22H,7-8,12-13H2,1-6H3. The maximum absolute atomic E-state index is 2.64. The van der Waals surface area contributed by atoms with E-state index in [0.29, 0.717) is 17.9 Å². The zero-order chi connectivity index (χ0) is 18.6. The first kappa shape index (κ1) is 17.9. The summed E-state index contributed by atoms with van der Waals surface area (Å²) in [6, 6.07) is 5.45. The van der Waals surface area contributed by atoms with Crippen LogP contribution in [0.4, 0.5) is 0 Å². The Hall–Kier alpha value is -1.54. The largest absolute Gasteiger partial charge is 0.350 e. The zero-order valence-electron chi connectivity index (χ0n) is 17.3. The molecular formula is C24H34N2. The Labute approximate surface area is 158 Å². The van der Waals surface area contributed by atoms with Crippen molar-refractivity contribution in [3.63, 3.8) is 0 Å². The van der Waals surface area contributed by atoms with Gasteiger partial charge in [-0.05, 0) is 66.0 Å². The van der Waals surface area contributed by atoms with Gasteiger partial charge in [0.1, 0.15) is 0 Å². The highest BCUT2D eigenvalue weighted by Crippen LogP contribution is 2.43. The highest BCUT2D eigenvalue weighted by atomic mass is 15.1. The van der Waals surface area contributed by atoms with Crippen molar-refractivity contribution in [3.8, 4) is 0 Å². The summed E-state index contributed by atoms with van der Waals surface area (Å²) in [6.07, 6.45) is 8.76. The van der Waals surface area contributed by atoms with Gasteiger partial charge < -0.3 is 4.57 Å². The molecule has 4 rings (SSSR count). The number of aryl methyl sites for hydroxylation is 1. The summed E-state index contributed by atoms with van der Waals surface area (Å²) in [5.41, 5.74) is 7.51. The molecule has 0 radical (unpaired) electrons. The van der Waals surface area contributed by atoms with E-state index in [1.807, 2.05) is 0 Å². The summed E-state index contributed by atoms with van der Waals surface area (Å²) in [4.78, 5) is 2.62. The lowest BCUT2D eigenvalue weighted by Gasteiger charge is -2.40. The third kappa shape index (κ3) is 2.83. The van der Waals surface area contributed by atoms with Crippen molar-refractivity contribution in [1.82, 2.24) is 9.47 Å². The number of rotatable bonds is 4. The Bertz CT molecular complexity index is 855. The van der Waals surface area contributed by atoms with E-state index in [1.165, 1.54) is 47.0 Å². The first-order chi connectivity index (χ1) is 12.4. The van der Waals surface area contributed by atoms with E-state index in [0.717, 1.165) is 12.3 Å². The Kier molecular flexibility index (Phi) is 4.51. The fourth-order valence-corrected chi connectivity index (χ4v) is 5.07. The lowest BCUT2D eigenvalue weighted by Crippen LogP contribution is -2.42. The average molecular weight is 351 g/mol. The average Bonchev–Trinajstić information content (AvgIpc) is 2.92. The van der Waals surface area contributed by atoms with Crippen LogP contribution in [0.2, 0.25) is 0 Å². The van der Waals surface area contributed by atoms with Crippen LogP contribution in [0.25, 0.3) is 16.5 Å². The van der Waals surface area contributed by atoms with Crippen molar-refractivity contribution in [1.29, 1.82) is 0 Å². The van der Waals surface area contributed by atoms with E-state index in [2.05, 4.69) is 75.7 Å². The summed E-state index contributed by atoms with van der Waals surface area (Å²) in [6.45, 7) is 10.5. The fourth-order valence-electron chi connectivity index (χ4n) is 5.07. The minimum Gasteiger partial charge on any atom is -0.350 e. The van der Waals surface area contributed by atoms with Gasteiger partial charge in [0.2, 0.25) is 0 Å². The Morgan fingerprint density at radius 2 is 1.92 bits per heavy atom. The third-order valence-electron chi connectivity index (χ3n) is 6.81. The molecule has 2 aliphatic rings. The minimum absolute atomic E-state index is 0.545. The molecule has 2 heterocycles. The predicted octanol–water partition coefficient (Wildman–Crippen LogP) is 5.61. The maximum Gasteiger partial charge on any atom is 0.0489 e. The molecule has 0 fully saturated rings. The quantitative estimate of drug-likeness (QED) is 0.696. The normalized spacial score (nSPS) is 24.0. The molecule has 0 saturated heterocycles. The summed E-state index contributed by atoms with van der Waals surface area (Å²) < 4.78 is 2.34. The van der Waals surface area contributed by atoms with Gasteiger partial charge in [-0.15, -0.1) is 0 Å². The van der Waals surface area contributed by atoms with Gasteiger partial charge in [0.15, 0.2) is 0 Å². The first-order valence-electron chi connectivity index (χ1n) is 10.4. The monoisotopic (exact) mass is 350 g/mol. The number of hydrogen-bond acceptors (Lipinski definition) is 1. The van der Waals surface area contributed by atoms with Gasteiger partial charge >= 0.3 is 0 Å². The molecule has 26 heavy (non-hydrogen) atoms. The Morgan fingerprint density at radius 3 is 2.62 bits per heavy atom. The Balaban J connectivity index is 1.88. The van der Waals surface area contributed by atoms with Gasteiger partial charge in [0, 0.05) is 36.7 Å². The van der Waals surface area contributed by atoms with Gasteiger partial charge in [-0.3, -0.25) is 4.90 Å². The SMILES string of the molecule is CCC(C)CC1C=C2c3cc(C(C)C)cc4c3c(cn4C)CC2N(C)C1. The molecule has 140 valence electrons. The molecule has 1 aromatic heterocycles. The number of aromatic nitrogens is 1. The lowest BCUT2D eigenvalue weighted by atomic mass is 9.77. The van der Waals surface area contributed by atoms with Crippen LogP contribution in [-0.4, -0.2) is 29.1 Å². The smallest absolute Gasteiger partial charge is 0.0489 e. The first-order valence-corrected chi connectivity index (χ1v) is 10.4. The van der Waals surface area contributed by atoms with Gasteiger partial charge in [-0.1, -0.05) is 46.3 Å². The molecule has 1 aliphatic heterocycles. The van der Waals surface area contributed by atoms with Crippen molar-refractivity contribution < 1.29 is 0 Å². The number of nitrogens with zero attached hydrogens (tertiary/aromatic N) is 2. The van der Waals surface area contributed by atoms with E-state index in [9.17, 15) is 0 Å². The van der Waals surface area contributed by atoms with Crippen LogP contribution in [0.5, 0.6) is 0 Å². The minimum atomic E-state index is 0.545. The fraction of sp³-hybridized carbons (Fsp3) is 0.583. The van der Waals surface area contributed by atoms with Crippen molar-refractivity contribution in [2.24, 2.45) is 18.9 Å². The molecule has 3 atom stereocenters. The van der Waals surface area contributed by atoms with Crippen LogP contribution in [0, 0.1) is 11.8 Å². The van der Waals surface area contributed by atoms with E-state index in [4.69, 9.17) is 0 Å². The van der Waals surface area contributed by atoms with Crippen LogP contribution in [0.1, 0.15) is 63.1 Å². The molecule has 2 nitrogen and oxygen atoms in total. The zero-order valence-corrected chi connectivity index (χ0v) is 17.3. The maximum atomic E-state index is 2.64. The molecule has 0 saturated carbocycles. The number of benzene rings is 1. The number of hydrogen-bond donors (Lipinski definition) is 0. The molecule has 0 spiro atoms. The van der Waals surface area contributed by atoms with Gasteiger partial charge in [0.05, 0.1) is 0 Å². The van der Waals surface area contributed by atoms with Crippen LogP contribution in [0.3, 0.4) is 0 Å². The molecular weight excluding hydrogens is 316 g/mol. The van der Waals surface area contributed by atoms with Crippen molar-refractivity contribution in [3.05, 3.63) is 41.1 Å². The van der Waals surface area contributed by atoms with Crippen LogP contribution in [0.15, 0.2) is 24.4 Å². The molecule has 0 N–H and O–H groups in total. The highest BCUT2D eigenvalue weighted by molar-refractivity contribution is 5.99. The van der Waals surface area contributed by atoms with Crippen LogP contribution >= 0.6 is 0 Å². The van der Waals surface area contributed by atoms with Crippen molar-refractivity contribution in [2.45, 2.75) is 58.9 Å². The van der Waals surface area contributed by atoms with Crippen LogP contribution < -0.4 is 0 Å². The topological polar surface area (TPSA) is 8.17 Å². The lowest BCUT2D eigenvalue weighted by molar-refractivity contribution is 0.228. The Morgan fingerprint density at radius 1 is 1.15 bits per heavy atom. The van der Waals surface area contributed by atoms with Gasteiger partial charge in [-0.2, -0.15) is 0 Å². The number of likely N-dealkylation sites (N-methyl/N-ethyl adjacent to an activating group) is 1.